The molecule has 1 aliphatic carbocycles. The number of nitrogens with zero attached hydrogens (tertiary/aromatic N) is 1. The first kappa shape index (κ1) is 19.0. The molecule has 0 atom stereocenters. The maximum absolute atomic E-state index is 12.1. The fourth-order valence-electron chi connectivity index (χ4n) is 2.60. The number of carbonyl (C=O) groups is 1. The van der Waals surface area contributed by atoms with Crippen molar-refractivity contribution in [2.75, 3.05) is 19.3 Å². The molecule has 2 rings (SSSR count). The fraction of sp³-hybridized carbons (Fsp3) is 0.471. The van der Waals surface area contributed by atoms with E-state index in [2.05, 4.69) is 11.4 Å². The van der Waals surface area contributed by atoms with Crippen molar-refractivity contribution in [1.82, 2.24) is 9.62 Å². The van der Waals surface area contributed by atoms with E-state index in [-0.39, 0.29) is 19.0 Å². The fourth-order valence-corrected chi connectivity index (χ4v) is 3.52. The van der Waals surface area contributed by atoms with E-state index < -0.39 is 10.0 Å². The first-order valence-electron chi connectivity index (χ1n) is 7.99. The van der Waals surface area contributed by atoms with Crippen molar-refractivity contribution in [2.45, 2.75) is 32.2 Å². The summed E-state index contributed by atoms with van der Waals surface area (Å²) in [5, 5.41) is 3.29. The minimum absolute atomic E-state index is 0.0780. The second-order valence-corrected chi connectivity index (χ2v) is 8.40. The van der Waals surface area contributed by atoms with Gasteiger partial charge >= 0.3 is 0 Å². The summed E-state index contributed by atoms with van der Waals surface area (Å²) in [5.74, 6) is -0.307. The maximum Gasteiger partial charge on any atom is 0.235 e. The third-order valence-corrected chi connectivity index (χ3v) is 5.56. The molecule has 0 saturated heterocycles. The highest BCUT2D eigenvalue weighted by atomic mass is 35.5. The summed E-state index contributed by atoms with van der Waals surface area (Å²) < 4.78 is 25.1. The Bertz CT molecular complexity index is 716. The second-order valence-electron chi connectivity index (χ2n) is 6.01. The zero-order valence-corrected chi connectivity index (χ0v) is 15.4. The molecule has 0 aromatic heterocycles. The molecular weight excluding hydrogens is 348 g/mol. The Balaban J connectivity index is 1.97. The van der Waals surface area contributed by atoms with Crippen molar-refractivity contribution in [1.29, 1.82) is 0 Å². The Morgan fingerprint density at radius 3 is 2.67 bits per heavy atom. The lowest BCUT2D eigenvalue weighted by Crippen LogP contribution is -2.40. The zero-order chi connectivity index (χ0) is 17.6. The number of benzene rings is 1. The molecule has 0 unspecified atom stereocenters. The van der Waals surface area contributed by atoms with Crippen LogP contribution < -0.4 is 5.32 Å². The third-order valence-electron chi connectivity index (χ3n) is 3.99. The highest BCUT2D eigenvalue weighted by Gasteiger charge is 2.21. The SMILES string of the molecule is CS(=O)(=O)N(CC(=O)NCC1=CCCCC1)Cc1ccccc1Cl. The summed E-state index contributed by atoms with van der Waals surface area (Å²) in [6.45, 7) is 0.356. The Morgan fingerprint density at radius 1 is 1.29 bits per heavy atom. The van der Waals surface area contributed by atoms with Crippen molar-refractivity contribution in [3.63, 3.8) is 0 Å². The molecule has 5 nitrogen and oxygen atoms in total. The Hall–Kier alpha value is -1.37. The van der Waals surface area contributed by atoms with Gasteiger partial charge < -0.3 is 5.32 Å². The summed E-state index contributed by atoms with van der Waals surface area (Å²) in [6, 6.07) is 7.02. The van der Waals surface area contributed by atoms with Crippen LogP contribution in [0.15, 0.2) is 35.9 Å². The van der Waals surface area contributed by atoms with Crippen LogP contribution in [-0.2, 0) is 21.4 Å². The summed E-state index contributed by atoms with van der Waals surface area (Å²) in [7, 11) is -3.52. The van der Waals surface area contributed by atoms with Crippen LogP contribution in [0.3, 0.4) is 0 Å². The lowest BCUT2D eigenvalue weighted by atomic mass is 10.00. The number of halogens is 1. The first-order chi connectivity index (χ1) is 11.4. The second kappa shape index (κ2) is 8.65. The molecule has 0 fully saturated rings. The van der Waals surface area contributed by atoms with Gasteiger partial charge in [-0.05, 0) is 37.3 Å². The van der Waals surface area contributed by atoms with Crippen LogP contribution in [-0.4, -0.2) is 38.0 Å². The highest BCUT2D eigenvalue weighted by molar-refractivity contribution is 7.88. The van der Waals surface area contributed by atoms with Gasteiger partial charge in [0.25, 0.3) is 0 Å². The van der Waals surface area contributed by atoms with Gasteiger partial charge in [0.05, 0.1) is 12.8 Å². The summed E-state index contributed by atoms with van der Waals surface area (Å²) in [5.41, 5.74) is 1.89. The Morgan fingerprint density at radius 2 is 2.04 bits per heavy atom. The van der Waals surface area contributed by atoms with Crippen LogP contribution >= 0.6 is 11.6 Å². The van der Waals surface area contributed by atoms with E-state index in [9.17, 15) is 13.2 Å². The van der Waals surface area contributed by atoms with Gasteiger partial charge in [0.15, 0.2) is 0 Å². The Kier molecular flexibility index (Phi) is 6.83. The van der Waals surface area contributed by atoms with Crippen LogP contribution in [0.5, 0.6) is 0 Å². The molecule has 1 amide bonds. The molecule has 1 aromatic carbocycles. The van der Waals surface area contributed by atoms with E-state index in [0.717, 1.165) is 29.8 Å². The standard InChI is InChI=1S/C17H23ClN2O3S/c1-24(22,23)20(12-15-9-5-6-10-16(15)18)13-17(21)19-11-14-7-3-2-4-8-14/h5-7,9-10H,2-4,8,11-13H2,1H3,(H,19,21). The van der Waals surface area contributed by atoms with Crippen molar-refractivity contribution in [3.05, 3.63) is 46.5 Å². The van der Waals surface area contributed by atoms with E-state index in [4.69, 9.17) is 11.6 Å². The predicted molar refractivity (Wildman–Crippen MR) is 96.3 cm³/mol. The van der Waals surface area contributed by atoms with Gasteiger partial charge in [-0.25, -0.2) is 8.42 Å². The van der Waals surface area contributed by atoms with Gasteiger partial charge in [-0.3, -0.25) is 4.79 Å². The molecule has 24 heavy (non-hydrogen) atoms. The number of rotatable bonds is 7. The van der Waals surface area contributed by atoms with Crippen LogP contribution in [0.1, 0.15) is 31.2 Å². The molecule has 0 spiro atoms. The number of hydrogen-bond acceptors (Lipinski definition) is 3. The lowest BCUT2D eigenvalue weighted by molar-refractivity contribution is -0.121. The van der Waals surface area contributed by atoms with Gasteiger partial charge in [0.1, 0.15) is 0 Å². The van der Waals surface area contributed by atoms with Crippen LogP contribution in [0.25, 0.3) is 0 Å². The van der Waals surface area contributed by atoms with E-state index in [1.807, 2.05) is 0 Å². The van der Waals surface area contributed by atoms with Crippen molar-refractivity contribution in [3.8, 4) is 0 Å². The molecule has 0 saturated carbocycles. The van der Waals surface area contributed by atoms with E-state index in [1.165, 1.54) is 12.0 Å². The monoisotopic (exact) mass is 370 g/mol. The minimum Gasteiger partial charge on any atom is -0.351 e. The molecule has 0 aliphatic heterocycles. The molecule has 0 bridgehead atoms. The Labute approximate surface area is 148 Å². The summed E-state index contributed by atoms with van der Waals surface area (Å²) >= 11 is 6.09. The number of sulfonamides is 1. The van der Waals surface area contributed by atoms with E-state index in [1.54, 1.807) is 24.3 Å². The van der Waals surface area contributed by atoms with Crippen molar-refractivity contribution < 1.29 is 13.2 Å². The molecule has 0 heterocycles. The van der Waals surface area contributed by atoms with Gasteiger partial charge in [-0.1, -0.05) is 41.4 Å². The predicted octanol–water partition coefficient (Wildman–Crippen LogP) is 2.72. The average Bonchev–Trinajstić information content (AvgIpc) is 2.54. The first-order valence-corrected chi connectivity index (χ1v) is 10.2. The summed E-state index contributed by atoms with van der Waals surface area (Å²) in [6.07, 6.45) is 7.63. The quantitative estimate of drug-likeness (QED) is 0.750. The normalized spacial score (nSPS) is 15.2. The molecule has 1 aliphatic rings. The van der Waals surface area contributed by atoms with Gasteiger partial charge in [0.2, 0.25) is 15.9 Å². The molecule has 132 valence electrons. The van der Waals surface area contributed by atoms with Crippen LogP contribution in [0.2, 0.25) is 5.02 Å². The van der Waals surface area contributed by atoms with Crippen molar-refractivity contribution >= 4 is 27.5 Å². The number of nitrogens with one attached hydrogen (secondary N) is 1. The lowest BCUT2D eigenvalue weighted by Gasteiger charge is -2.21. The largest absolute Gasteiger partial charge is 0.351 e. The van der Waals surface area contributed by atoms with E-state index in [0.29, 0.717) is 17.1 Å². The number of hydrogen-bond donors (Lipinski definition) is 1. The highest BCUT2D eigenvalue weighted by Crippen LogP contribution is 2.18. The average molecular weight is 371 g/mol. The molecule has 0 radical (unpaired) electrons. The number of allylic oxidation sites excluding steroid dienone is 1. The van der Waals surface area contributed by atoms with Gasteiger partial charge in [-0.2, -0.15) is 4.31 Å². The smallest absolute Gasteiger partial charge is 0.235 e. The van der Waals surface area contributed by atoms with Gasteiger partial charge in [0, 0.05) is 18.1 Å². The minimum atomic E-state index is -3.52. The zero-order valence-electron chi connectivity index (χ0n) is 13.8. The number of amides is 1. The third kappa shape index (κ3) is 5.92. The number of carbonyl (C=O) groups excluding carboxylic acids is 1. The summed E-state index contributed by atoms with van der Waals surface area (Å²) in [4.78, 5) is 12.1. The molecule has 1 aromatic rings. The maximum atomic E-state index is 12.1. The molecular formula is C17H23ClN2O3S. The topological polar surface area (TPSA) is 66.5 Å². The van der Waals surface area contributed by atoms with Crippen LogP contribution in [0, 0.1) is 0 Å². The van der Waals surface area contributed by atoms with Crippen LogP contribution in [0.4, 0.5) is 0 Å². The van der Waals surface area contributed by atoms with E-state index >= 15 is 0 Å². The molecule has 1 N–H and O–H groups in total. The van der Waals surface area contributed by atoms with Gasteiger partial charge in [-0.15, -0.1) is 0 Å². The van der Waals surface area contributed by atoms with Crippen molar-refractivity contribution in [2.24, 2.45) is 0 Å². The molecule has 7 heteroatoms.